The Hall–Kier alpha value is -3.74. The maximum atomic E-state index is 13.2. The predicted octanol–water partition coefficient (Wildman–Crippen LogP) is 5.85. The Bertz CT molecular complexity index is 1340. The van der Waals surface area contributed by atoms with Crippen molar-refractivity contribution in [3.8, 4) is 6.07 Å². The molecule has 9 heteroatoms. The van der Waals surface area contributed by atoms with E-state index >= 15 is 0 Å². The van der Waals surface area contributed by atoms with Crippen molar-refractivity contribution in [2.24, 2.45) is 0 Å². The molecule has 1 aromatic heterocycles. The smallest absolute Gasteiger partial charge is 0.337 e. The number of amides is 1. The van der Waals surface area contributed by atoms with Gasteiger partial charge >= 0.3 is 5.97 Å². The summed E-state index contributed by atoms with van der Waals surface area (Å²) in [5.74, 6) is -1.02. The van der Waals surface area contributed by atoms with Gasteiger partial charge in [0.1, 0.15) is 12.4 Å². The quantitative estimate of drug-likeness (QED) is 0.331. The number of halogens is 1. The van der Waals surface area contributed by atoms with E-state index in [-0.39, 0.29) is 23.8 Å². The fourth-order valence-corrected chi connectivity index (χ4v) is 4.86. The molecule has 1 aliphatic heterocycles. The Kier molecular flexibility index (Phi) is 8.31. The first-order chi connectivity index (χ1) is 17.5. The number of hydrogen-bond acceptors (Lipinski definition) is 7. The average molecular weight is 564 g/mol. The molecular weight excluding hydrogens is 542 g/mol. The zero-order chi connectivity index (χ0) is 25.5. The lowest BCUT2D eigenvalue weighted by Gasteiger charge is -2.28. The SMILES string of the molecule is CC1=C(C(=O)OCc2ccccc2)[C@@H](c2ccco2)C(C#N)=C(SCC(=O)Nc2ccc(Br)cc2)N1. The van der Waals surface area contributed by atoms with Crippen LogP contribution in [0.2, 0.25) is 0 Å². The van der Waals surface area contributed by atoms with Crippen LogP contribution in [-0.4, -0.2) is 17.6 Å². The van der Waals surface area contributed by atoms with Crippen molar-refractivity contribution in [2.45, 2.75) is 19.4 Å². The van der Waals surface area contributed by atoms with Gasteiger partial charge in [-0.05, 0) is 48.9 Å². The molecule has 0 radical (unpaired) electrons. The van der Waals surface area contributed by atoms with Gasteiger partial charge in [0, 0.05) is 15.9 Å². The first-order valence-electron chi connectivity index (χ1n) is 11.0. The second-order valence-corrected chi connectivity index (χ2v) is 9.77. The number of carbonyl (C=O) groups excluding carboxylic acids is 2. The number of nitrogens with one attached hydrogen (secondary N) is 2. The van der Waals surface area contributed by atoms with E-state index in [0.717, 1.165) is 10.0 Å². The van der Waals surface area contributed by atoms with Crippen molar-refractivity contribution in [3.63, 3.8) is 0 Å². The number of nitriles is 1. The Morgan fingerprint density at radius 1 is 1.14 bits per heavy atom. The fourth-order valence-electron chi connectivity index (χ4n) is 3.71. The minimum Gasteiger partial charge on any atom is -0.468 e. The van der Waals surface area contributed by atoms with E-state index in [1.807, 2.05) is 42.5 Å². The summed E-state index contributed by atoms with van der Waals surface area (Å²) in [6.45, 7) is 1.84. The summed E-state index contributed by atoms with van der Waals surface area (Å²) in [7, 11) is 0. The molecule has 7 nitrogen and oxygen atoms in total. The van der Waals surface area contributed by atoms with Gasteiger partial charge in [-0.3, -0.25) is 4.79 Å². The van der Waals surface area contributed by atoms with Gasteiger partial charge in [0.15, 0.2) is 0 Å². The second-order valence-electron chi connectivity index (χ2n) is 7.87. The summed E-state index contributed by atoms with van der Waals surface area (Å²) in [6.07, 6.45) is 1.49. The van der Waals surface area contributed by atoms with E-state index in [1.54, 1.807) is 31.2 Å². The molecule has 0 spiro atoms. The van der Waals surface area contributed by atoms with Crippen LogP contribution in [-0.2, 0) is 20.9 Å². The highest BCUT2D eigenvalue weighted by molar-refractivity contribution is 9.10. The Balaban J connectivity index is 1.53. The maximum Gasteiger partial charge on any atom is 0.337 e. The number of hydrogen-bond donors (Lipinski definition) is 2. The van der Waals surface area contributed by atoms with Gasteiger partial charge in [0.05, 0.1) is 40.2 Å². The van der Waals surface area contributed by atoms with Gasteiger partial charge in [-0.2, -0.15) is 5.26 Å². The van der Waals surface area contributed by atoms with E-state index in [2.05, 4.69) is 32.6 Å². The fraction of sp³-hybridized carbons (Fsp3) is 0.148. The second kappa shape index (κ2) is 11.8. The minimum atomic E-state index is -0.758. The van der Waals surface area contributed by atoms with Gasteiger partial charge in [-0.25, -0.2) is 4.79 Å². The van der Waals surface area contributed by atoms with Gasteiger partial charge in [-0.1, -0.05) is 58.0 Å². The average Bonchev–Trinajstić information content (AvgIpc) is 3.42. The van der Waals surface area contributed by atoms with Gasteiger partial charge in [0.2, 0.25) is 5.91 Å². The lowest BCUT2D eigenvalue weighted by atomic mass is 9.86. The molecule has 0 bridgehead atoms. The van der Waals surface area contributed by atoms with E-state index in [0.29, 0.717) is 27.7 Å². The monoisotopic (exact) mass is 563 g/mol. The molecule has 1 atom stereocenters. The number of benzene rings is 2. The van der Waals surface area contributed by atoms with Crippen molar-refractivity contribution in [1.29, 1.82) is 5.26 Å². The summed E-state index contributed by atoms with van der Waals surface area (Å²) in [5.41, 5.74) is 2.63. The van der Waals surface area contributed by atoms with Gasteiger partial charge in [0.25, 0.3) is 0 Å². The molecule has 182 valence electrons. The van der Waals surface area contributed by atoms with Crippen LogP contribution in [0.5, 0.6) is 0 Å². The number of anilines is 1. The van der Waals surface area contributed by atoms with Crippen molar-refractivity contribution in [1.82, 2.24) is 5.32 Å². The van der Waals surface area contributed by atoms with Gasteiger partial charge < -0.3 is 19.8 Å². The van der Waals surface area contributed by atoms with Crippen LogP contribution >= 0.6 is 27.7 Å². The van der Waals surface area contributed by atoms with Crippen LogP contribution in [0.4, 0.5) is 5.69 Å². The Labute approximate surface area is 221 Å². The summed E-state index contributed by atoms with van der Waals surface area (Å²) in [4.78, 5) is 25.7. The highest BCUT2D eigenvalue weighted by Gasteiger charge is 2.37. The van der Waals surface area contributed by atoms with Crippen LogP contribution in [0.3, 0.4) is 0 Å². The van der Waals surface area contributed by atoms with Crippen LogP contribution in [0.15, 0.2) is 104 Å². The number of esters is 1. The van der Waals surface area contributed by atoms with Crippen molar-refractivity contribution >= 4 is 45.3 Å². The number of ether oxygens (including phenoxy) is 1. The number of thioether (sulfide) groups is 1. The Morgan fingerprint density at radius 3 is 2.56 bits per heavy atom. The maximum absolute atomic E-state index is 13.2. The topological polar surface area (TPSA) is 104 Å². The lowest BCUT2D eigenvalue weighted by Crippen LogP contribution is -2.29. The van der Waals surface area contributed by atoms with E-state index < -0.39 is 11.9 Å². The van der Waals surface area contributed by atoms with Gasteiger partial charge in [-0.15, -0.1) is 0 Å². The van der Waals surface area contributed by atoms with Crippen molar-refractivity contribution in [2.75, 3.05) is 11.1 Å². The standard InChI is InChI=1S/C27H22BrN3O4S/c1-17-24(27(33)35-15-18-6-3-2-4-7-18)25(22-8-5-13-34-22)21(14-29)26(30-17)36-16-23(32)31-20-11-9-19(28)10-12-20/h2-13,25,30H,15-16H2,1H3,(H,31,32)/t25-/m1/s1. The van der Waals surface area contributed by atoms with Crippen molar-refractivity contribution in [3.05, 3.63) is 111 Å². The molecule has 2 N–H and O–H groups in total. The first-order valence-corrected chi connectivity index (χ1v) is 12.8. The third-order valence-electron chi connectivity index (χ3n) is 5.38. The first kappa shape index (κ1) is 25.4. The summed E-state index contributed by atoms with van der Waals surface area (Å²) < 4.78 is 12.1. The minimum absolute atomic E-state index is 0.0650. The number of rotatable bonds is 8. The molecule has 0 unspecified atom stereocenters. The molecule has 2 aromatic carbocycles. The normalized spacial score (nSPS) is 15.2. The molecular formula is C27H22BrN3O4S. The summed E-state index contributed by atoms with van der Waals surface area (Å²) in [6, 6.07) is 22.2. The molecule has 3 aromatic rings. The molecule has 0 saturated heterocycles. The van der Waals surface area contributed by atoms with Crippen LogP contribution in [0, 0.1) is 11.3 Å². The third kappa shape index (κ3) is 6.08. The van der Waals surface area contributed by atoms with Crippen molar-refractivity contribution < 1.29 is 18.7 Å². The molecule has 0 aliphatic carbocycles. The zero-order valence-electron chi connectivity index (χ0n) is 19.3. The molecule has 0 saturated carbocycles. The third-order valence-corrected chi connectivity index (χ3v) is 6.93. The molecule has 2 heterocycles. The molecule has 0 fully saturated rings. The molecule has 1 aliphatic rings. The summed E-state index contributed by atoms with van der Waals surface area (Å²) in [5, 5.41) is 16.5. The number of allylic oxidation sites excluding steroid dienone is 2. The molecule has 1 amide bonds. The van der Waals surface area contributed by atoms with E-state index in [4.69, 9.17) is 9.15 Å². The zero-order valence-corrected chi connectivity index (χ0v) is 21.7. The van der Waals surface area contributed by atoms with Crippen LogP contribution in [0.1, 0.15) is 24.2 Å². The van der Waals surface area contributed by atoms with Crippen LogP contribution < -0.4 is 10.6 Å². The number of nitrogens with zero attached hydrogens (tertiary/aromatic N) is 1. The largest absolute Gasteiger partial charge is 0.468 e. The number of carbonyl (C=O) groups is 2. The predicted molar refractivity (Wildman–Crippen MR) is 141 cm³/mol. The molecule has 36 heavy (non-hydrogen) atoms. The number of furan rings is 1. The Morgan fingerprint density at radius 2 is 1.89 bits per heavy atom. The van der Waals surface area contributed by atoms with E-state index in [1.165, 1.54) is 18.0 Å². The highest BCUT2D eigenvalue weighted by Crippen LogP contribution is 2.41. The number of dihydropyridines is 1. The van der Waals surface area contributed by atoms with E-state index in [9.17, 15) is 14.9 Å². The summed E-state index contributed by atoms with van der Waals surface area (Å²) >= 11 is 4.55. The lowest BCUT2D eigenvalue weighted by molar-refractivity contribution is -0.140. The van der Waals surface area contributed by atoms with Crippen LogP contribution in [0.25, 0.3) is 0 Å². The molecule has 4 rings (SSSR count). The highest BCUT2D eigenvalue weighted by atomic mass is 79.9.